The quantitative estimate of drug-likeness (QED) is 0.458. The van der Waals surface area contributed by atoms with Gasteiger partial charge in [-0.15, -0.1) is 11.3 Å². The van der Waals surface area contributed by atoms with Crippen LogP contribution in [0.3, 0.4) is 0 Å². The van der Waals surface area contributed by atoms with Crippen LogP contribution in [0.2, 0.25) is 15.1 Å². The molecule has 0 amide bonds. The van der Waals surface area contributed by atoms with E-state index < -0.39 is 0 Å². The van der Waals surface area contributed by atoms with Crippen LogP contribution in [-0.2, 0) is 0 Å². The number of benzene rings is 2. The molecular weight excluding hydrogens is 383 g/mol. The average Bonchev–Trinajstić information content (AvgIpc) is 3.04. The van der Waals surface area contributed by atoms with E-state index in [2.05, 4.69) is 11.1 Å². The van der Waals surface area contributed by atoms with Gasteiger partial charge in [-0.05, 0) is 35.9 Å². The smallest absolute Gasteiger partial charge is 0.134 e. The first kappa shape index (κ1) is 17.0. The SMILES string of the molecule is N#C/C(=C\c1ccc(Cl)cc1Cl)c1nc(-c2cccc(Cl)c2)cs1. The van der Waals surface area contributed by atoms with Gasteiger partial charge >= 0.3 is 0 Å². The summed E-state index contributed by atoms with van der Waals surface area (Å²) in [5, 5.41) is 13.7. The lowest BCUT2D eigenvalue weighted by atomic mass is 10.1. The maximum Gasteiger partial charge on any atom is 0.134 e. The fraction of sp³-hybridized carbons (Fsp3) is 0. The molecule has 6 heteroatoms. The van der Waals surface area contributed by atoms with Crippen LogP contribution in [0.5, 0.6) is 0 Å². The molecular formula is C18H9Cl3N2S. The summed E-state index contributed by atoms with van der Waals surface area (Å²) in [5.41, 5.74) is 2.85. The van der Waals surface area contributed by atoms with Crippen molar-refractivity contribution in [2.75, 3.05) is 0 Å². The molecule has 0 aliphatic carbocycles. The fourth-order valence-corrected chi connectivity index (χ4v) is 3.54. The molecule has 2 nitrogen and oxygen atoms in total. The van der Waals surface area contributed by atoms with Gasteiger partial charge in [0.1, 0.15) is 11.1 Å². The zero-order valence-corrected chi connectivity index (χ0v) is 15.2. The molecule has 0 aliphatic rings. The zero-order chi connectivity index (χ0) is 17.1. The molecule has 118 valence electrons. The van der Waals surface area contributed by atoms with Crippen molar-refractivity contribution in [3.63, 3.8) is 0 Å². The summed E-state index contributed by atoms with van der Waals surface area (Å²) in [6.45, 7) is 0. The van der Waals surface area contributed by atoms with Crippen molar-refractivity contribution in [3.05, 3.63) is 73.5 Å². The van der Waals surface area contributed by atoms with Gasteiger partial charge in [0.25, 0.3) is 0 Å². The third-order valence-electron chi connectivity index (χ3n) is 3.24. The normalized spacial score (nSPS) is 11.3. The molecule has 0 saturated heterocycles. The summed E-state index contributed by atoms with van der Waals surface area (Å²) >= 11 is 19.5. The van der Waals surface area contributed by atoms with Gasteiger partial charge in [0.15, 0.2) is 0 Å². The first-order valence-electron chi connectivity index (χ1n) is 6.85. The van der Waals surface area contributed by atoms with Gasteiger partial charge in [-0.3, -0.25) is 0 Å². The lowest BCUT2D eigenvalue weighted by molar-refractivity contribution is 1.37. The van der Waals surface area contributed by atoms with Gasteiger partial charge in [-0.25, -0.2) is 4.98 Å². The van der Waals surface area contributed by atoms with Crippen molar-refractivity contribution in [3.8, 4) is 17.3 Å². The third kappa shape index (κ3) is 3.80. The minimum Gasteiger partial charge on any atom is -0.235 e. The number of allylic oxidation sites excluding steroid dienone is 1. The molecule has 3 aromatic rings. The second kappa shape index (κ2) is 7.38. The number of hydrogen-bond donors (Lipinski definition) is 0. The minimum absolute atomic E-state index is 0.442. The van der Waals surface area contributed by atoms with Crippen molar-refractivity contribution in [2.24, 2.45) is 0 Å². The molecule has 2 aromatic carbocycles. The Bertz CT molecular complexity index is 970. The van der Waals surface area contributed by atoms with E-state index in [0.29, 0.717) is 25.6 Å². The zero-order valence-electron chi connectivity index (χ0n) is 12.1. The molecule has 24 heavy (non-hydrogen) atoms. The van der Waals surface area contributed by atoms with E-state index in [-0.39, 0.29) is 0 Å². The Morgan fingerprint density at radius 1 is 1.08 bits per heavy atom. The predicted molar refractivity (Wildman–Crippen MR) is 103 cm³/mol. The number of aromatic nitrogens is 1. The predicted octanol–water partition coefficient (Wildman–Crippen LogP) is 6.83. The molecule has 1 aromatic heterocycles. The number of hydrogen-bond acceptors (Lipinski definition) is 3. The summed E-state index contributed by atoms with van der Waals surface area (Å²) in [4.78, 5) is 4.54. The lowest BCUT2D eigenvalue weighted by Crippen LogP contribution is -1.84. The second-order valence-electron chi connectivity index (χ2n) is 4.88. The van der Waals surface area contributed by atoms with Crippen LogP contribution in [0.4, 0.5) is 0 Å². The number of thiazole rings is 1. The fourth-order valence-electron chi connectivity index (χ4n) is 2.09. The minimum atomic E-state index is 0.442. The molecule has 1 heterocycles. The van der Waals surface area contributed by atoms with Crippen LogP contribution in [0, 0.1) is 11.3 Å². The number of rotatable bonds is 3. The van der Waals surface area contributed by atoms with Gasteiger partial charge in [-0.2, -0.15) is 5.26 Å². The highest BCUT2D eigenvalue weighted by Crippen LogP contribution is 2.30. The largest absolute Gasteiger partial charge is 0.235 e. The standard InChI is InChI=1S/C18H9Cl3N2S/c19-14-3-1-2-12(7-14)17-10-24-18(23-17)13(9-22)6-11-4-5-15(20)8-16(11)21/h1-8,10H/b13-6+. The van der Waals surface area contributed by atoms with Crippen LogP contribution in [0.15, 0.2) is 47.8 Å². The van der Waals surface area contributed by atoms with Crippen molar-refractivity contribution < 1.29 is 0 Å². The highest BCUT2D eigenvalue weighted by molar-refractivity contribution is 7.11. The van der Waals surface area contributed by atoms with Crippen molar-refractivity contribution in [1.82, 2.24) is 4.98 Å². The Morgan fingerprint density at radius 3 is 2.58 bits per heavy atom. The summed E-state index contributed by atoms with van der Waals surface area (Å²) in [7, 11) is 0. The molecule has 3 rings (SSSR count). The average molecular weight is 392 g/mol. The topological polar surface area (TPSA) is 36.7 Å². The van der Waals surface area contributed by atoms with Crippen LogP contribution in [-0.4, -0.2) is 4.98 Å². The maximum absolute atomic E-state index is 9.47. The van der Waals surface area contributed by atoms with Crippen molar-refractivity contribution >= 4 is 57.8 Å². The number of nitriles is 1. The molecule has 0 saturated carbocycles. The van der Waals surface area contributed by atoms with E-state index in [1.54, 1.807) is 24.3 Å². The number of halogens is 3. The molecule has 0 aliphatic heterocycles. The summed E-state index contributed by atoms with van der Waals surface area (Å²) in [6.07, 6.45) is 1.71. The summed E-state index contributed by atoms with van der Waals surface area (Å²) in [6, 6.07) is 14.8. The Kier molecular flexibility index (Phi) is 5.23. The molecule has 0 radical (unpaired) electrons. The molecule has 0 bridgehead atoms. The highest BCUT2D eigenvalue weighted by Gasteiger charge is 2.10. The first-order valence-corrected chi connectivity index (χ1v) is 8.87. The van der Waals surface area contributed by atoms with Crippen LogP contribution >= 0.6 is 46.1 Å². The van der Waals surface area contributed by atoms with Crippen LogP contribution in [0.25, 0.3) is 22.9 Å². The van der Waals surface area contributed by atoms with E-state index in [4.69, 9.17) is 34.8 Å². The molecule has 0 atom stereocenters. The van der Waals surface area contributed by atoms with Gasteiger partial charge < -0.3 is 0 Å². The van der Waals surface area contributed by atoms with E-state index >= 15 is 0 Å². The van der Waals surface area contributed by atoms with Crippen molar-refractivity contribution in [2.45, 2.75) is 0 Å². The number of nitrogens with zero attached hydrogens (tertiary/aromatic N) is 2. The van der Waals surface area contributed by atoms with E-state index in [1.807, 2.05) is 29.6 Å². The second-order valence-corrected chi connectivity index (χ2v) is 7.02. The monoisotopic (exact) mass is 390 g/mol. The maximum atomic E-state index is 9.47. The van der Waals surface area contributed by atoms with Crippen LogP contribution < -0.4 is 0 Å². The third-order valence-corrected chi connectivity index (χ3v) is 4.91. The van der Waals surface area contributed by atoms with Gasteiger partial charge in [-0.1, -0.05) is 53.0 Å². The summed E-state index contributed by atoms with van der Waals surface area (Å²) in [5.74, 6) is 0. The molecule has 0 fully saturated rings. The summed E-state index contributed by atoms with van der Waals surface area (Å²) < 4.78 is 0. The first-order chi connectivity index (χ1) is 11.6. The lowest BCUT2D eigenvalue weighted by Gasteiger charge is -2.00. The Labute approximate surface area is 158 Å². The Morgan fingerprint density at radius 2 is 1.88 bits per heavy atom. The Balaban J connectivity index is 1.98. The van der Waals surface area contributed by atoms with Gasteiger partial charge in [0.2, 0.25) is 0 Å². The van der Waals surface area contributed by atoms with Gasteiger partial charge in [0, 0.05) is 26.0 Å². The Hall–Kier alpha value is -1.83. The molecule has 0 unspecified atom stereocenters. The van der Waals surface area contributed by atoms with Crippen molar-refractivity contribution in [1.29, 1.82) is 5.26 Å². The molecule has 0 N–H and O–H groups in total. The van der Waals surface area contributed by atoms with E-state index in [9.17, 15) is 5.26 Å². The van der Waals surface area contributed by atoms with E-state index in [0.717, 1.165) is 16.8 Å². The van der Waals surface area contributed by atoms with Gasteiger partial charge in [0.05, 0.1) is 11.3 Å². The van der Waals surface area contributed by atoms with Crippen LogP contribution in [0.1, 0.15) is 10.6 Å². The van der Waals surface area contributed by atoms with E-state index in [1.165, 1.54) is 11.3 Å². The molecule has 0 spiro atoms. The highest BCUT2D eigenvalue weighted by atomic mass is 35.5.